The number of thioether (sulfide) groups is 2. The number of hydrogen-bond donors (Lipinski definition) is 1. The molecule has 3 heteroatoms. The molecule has 2 atom stereocenters. The first kappa shape index (κ1) is 15.3. The van der Waals surface area contributed by atoms with E-state index in [1.165, 1.54) is 41.2 Å². The highest BCUT2D eigenvalue weighted by Crippen LogP contribution is 2.28. The summed E-state index contributed by atoms with van der Waals surface area (Å²) in [5.74, 6) is 3.94. The van der Waals surface area contributed by atoms with Crippen LogP contribution in [-0.2, 0) is 6.42 Å². The number of nitrogens with one attached hydrogen (secondary N) is 1. The van der Waals surface area contributed by atoms with Crippen LogP contribution in [0.2, 0.25) is 0 Å². The molecule has 1 heterocycles. The van der Waals surface area contributed by atoms with Gasteiger partial charge in [-0.05, 0) is 31.9 Å². The average molecular weight is 296 g/mol. The molecule has 19 heavy (non-hydrogen) atoms. The van der Waals surface area contributed by atoms with Crippen LogP contribution < -0.4 is 5.32 Å². The van der Waals surface area contributed by atoms with Gasteiger partial charge in [0.15, 0.2) is 0 Å². The summed E-state index contributed by atoms with van der Waals surface area (Å²) in [7, 11) is 0. The van der Waals surface area contributed by atoms with Gasteiger partial charge in [0.05, 0.1) is 0 Å². The van der Waals surface area contributed by atoms with Crippen LogP contribution in [0.5, 0.6) is 0 Å². The van der Waals surface area contributed by atoms with Gasteiger partial charge in [0, 0.05) is 28.6 Å². The Morgan fingerprint density at radius 3 is 2.68 bits per heavy atom. The molecule has 0 amide bonds. The summed E-state index contributed by atoms with van der Waals surface area (Å²) >= 11 is 4.28. The monoisotopic (exact) mass is 295 g/mol. The van der Waals surface area contributed by atoms with Gasteiger partial charge in [-0.2, -0.15) is 23.5 Å². The van der Waals surface area contributed by atoms with Crippen molar-refractivity contribution >= 4 is 23.5 Å². The highest BCUT2D eigenvalue weighted by atomic mass is 32.2. The van der Waals surface area contributed by atoms with Gasteiger partial charge in [-0.15, -0.1) is 0 Å². The molecule has 0 aromatic heterocycles. The zero-order valence-corrected chi connectivity index (χ0v) is 13.7. The van der Waals surface area contributed by atoms with E-state index in [0.717, 1.165) is 11.8 Å². The molecule has 1 nitrogen and oxygen atoms in total. The molecule has 1 aromatic carbocycles. The van der Waals surface area contributed by atoms with Gasteiger partial charge >= 0.3 is 0 Å². The Bertz CT molecular complexity index is 358. The molecule has 1 aromatic rings. The Morgan fingerprint density at radius 1 is 1.26 bits per heavy atom. The number of rotatable bonds is 6. The molecule has 1 aliphatic rings. The molecule has 0 spiro atoms. The molecule has 0 saturated carbocycles. The number of benzene rings is 1. The highest BCUT2D eigenvalue weighted by Gasteiger charge is 2.24. The van der Waals surface area contributed by atoms with Crippen molar-refractivity contribution in [2.24, 2.45) is 0 Å². The first-order valence-electron chi connectivity index (χ1n) is 7.28. The third-order valence-corrected chi connectivity index (χ3v) is 6.44. The maximum absolute atomic E-state index is 3.77. The van der Waals surface area contributed by atoms with Crippen molar-refractivity contribution in [2.45, 2.75) is 38.0 Å². The van der Waals surface area contributed by atoms with Crippen molar-refractivity contribution in [3.05, 3.63) is 35.4 Å². The predicted octanol–water partition coefficient (Wildman–Crippen LogP) is 3.75. The quantitative estimate of drug-likeness (QED) is 0.858. The first-order valence-corrected chi connectivity index (χ1v) is 9.48. The Labute approximate surface area is 126 Å². The van der Waals surface area contributed by atoms with Crippen molar-refractivity contribution in [1.82, 2.24) is 5.32 Å². The third-order valence-electron chi connectivity index (χ3n) is 3.52. The van der Waals surface area contributed by atoms with Crippen molar-refractivity contribution in [1.29, 1.82) is 0 Å². The molecule has 1 N–H and O–H groups in total. The van der Waals surface area contributed by atoms with Gasteiger partial charge in [0.25, 0.3) is 0 Å². The van der Waals surface area contributed by atoms with Gasteiger partial charge in [-0.3, -0.25) is 0 Å². The largest absolute Gasteiger partial charge is 0.313 e. The van der Waals surface area contributed by atoms with Crippen LogP contribution in [0, 0.1) is 6.92 Å². The molecule has 1 saturated heterocycles. The van der Waals surface area contributed by atoms with Crippen LogP contribution in [0.3, 0.4) is 0 Å². The van der Waals surface area contributed by atoms with E-state index in [9.17, 15) is 0 Å². The normalized spacial score (nSPS) is 21.3. The van der Waals surface area contributed by atoms with Crippen molar-refractivity contribution in [3.8, 4) is 0 Å². The van der Waals surface area contributed by atoms with Gasteiger partial charge in [0.2, 0.25) is 0 Å². The molecule has 0 aliphatic carbocycles. The third kappa shape index (κ3) is 5.05. The number of aryl methyl sites for hydroxylation is 1. The van der Waals surface area contributed by atoms with Gasteiger partial charge in [-0.25, -0.2) is 0 Å². The van der Waals surface area contributed by atoms with Crippen LogP contribution in [0.4, 0.5) is 0 Å². The second-order valence-corrected chi connectivity index (χ2v) is 7.73. The molecular weight excluding hydrogens is 270 g/mol. The Morgan fingerprint density at radius 2 is 2.05 bits per heavy atom. The first-order chi connectivity index (χ1) is 9.29. The molecular formula is C16H25NS2. The minimum Gasteiger partial charge on any atom is -0.313 e. The fourth-order valence-electron chi connectivity index (χ4n) is 2.38. The fourth-order valence-corrected chi connectivity index (χ4v) is 5.27. The molecule has 2 rings (SSSR count). The van der Waals surface area contributed by atoms with E-state index >= 15 is 0 Å². The molecule has 0 radical (unpaired) electrons. The predicted molar refractivity (Wildman–Crippen MR) is 90.5 cm³/mol. The Kier molecular flexibility index (Phi) is 6.62. The lowest BCUT2D eigenvalue weighted by Crippen LogP contribution is -2.43. The van der Waals surface area contributed by atoms with Crippen molar-refractivity contribution in [2.75, 3.05) is 23.8 Å². The summed E-state index contributed by atoms with van der Waals surface area (Å²) in [5.41, 5.74) is 2.82. The molecule has 106 valence electrons. The molecule has 0 bridgehead atoms. The second kappa shape index (κ2) is 8.23. The van der Waals surface area contributed by atoms with E-state index in [2.05, 4.69) is 67.0 Å². The van der Waals surface area contributed by atoms with Crippen LogP contribution in [0.1, 0.15) is 24.5 Å². The highest BCUT2D eigenvalue weighted by molar-refractivity contribution is 8.06. The van der Waals surface area contributed by atoms with Crippen molar-refractivity contribution < 1.29 is 0 Å². The molecule has 2 unspecified atom stereocenters. The summed E-state index contributed by atoms with van der Waals surface area (Å²) in [6.45, 7) is 5.54. The zero-order valence-electron chi connectivity index (χ0n) is 12.0. The zero-order chi connectivity index (χ0) is 13.5. The molecule has 1 aliphatic heterocycles. The van der Waals surface area contributed by atoms with E-state index in [1.807, 2.05) is 0 Å². The minimum absolute atomic E-state index is 0.625. The smallest absolute Gasteiger partial charge is 0.0295 e. The summed E-state index contributed by atoms with van der Waals surface area (Å²) in [5, 5.41) is 4.54. The minimum atomic E-state index is 0.625. The number of hydrogen-bond acceptors (Lipinski definition) is 3. The lowest BCUT2D eigenvalue weighted by atomic mass is 10.0. The SMILES string of the molecule is CCCNC(Cc1ccc(C)cc1)C1CSCCS1. The Balaban J connectivity index is 1.97. The maximum Gasteiger partial charge on any atom is 0.0295 e. The van der Waals surface area contributed by atoms with E-state index in [0.29, 0.717) is 6.04 Å². The summed E-state index contributed by atoms with van der Waals surface area (Å²) in [6, 6.07) is 9.66. The van der Waals surface area contributed by atoms with Crippen LogP contribution >= 0.6 is 23.5 Å². The fraction of sp³-hybridized carbons (Fsp3) is 0.625. The standard InChI is InChI=1S/C16H25NS2/c1-3-8-17-15(16-12-18-9-10-19-16)11-14-6-4-13(2)5-7-14/h4-7,15-17H,3,8-12H2,1-2H3. The Hall–Kier alpha value is -0.120. The van der Waals surface area contributed by atoms with Crippen LogP contribution in [-0.4, -0.2) is 35.1 Å². The summed E-state index contributed by atoms with van der Waals surface area (Å²) in [6.07, 6.45) is 2.38. The second-order valence-electron chi connectivity index (χ2n) is 5.23. The summed E-state index contributed by atoms with van der Waals surface area (Å²) in [4.78, 5) is 0. The lowest BCUT2D eigenvalue weighted by Gasteiger charge is -2.30. The van der Waals surface area contributed by atoms with E-state index < -0.39 is 0 Å². The van der Waals surface area contributed by atoms with Gasteiger partial charge in [0.1, 0.15) is 0 Å². The summed E-state index contributed by atoms with van der Waals surface area (Å²) < 4.78 is 0. The average Bonchev–Trinajstić information content (AvgIpc) is 2.46. The van der Waals surface area contributed by atoms with E-state index in [4.69, 9.17) is 0 Å². The van der Waals surface area contributed by atoms with Crippen LogP contribution in [0.15, 0.2) is 24.3 Å². The van der Waals surface area contributed by atoms with E-state index in [-0.39, 0.29) is 0 Å². The maximum atomic E-state index is 3.77. The van der Waals surface area contributed by atoms with E-state index in [1.54, 1.807) is 0 Å². The van der Waals surface area contributed by atoms with Crippen molar-refractivity contribution in [3.63, 3.8) is 0 Å². The molecule has 1 fully saturated rings. The topological polar surface area (TPSA) is 12.0 Å². The lowest BCUT2D eigenvalue weighted by molar-refractivity contribution is 0.506. The van der Waals surface area contributed by atoms with Gasteiger partial charge in [-0.1, -0.05) is 36.8 Å². The van der Waals surface area contributed by atoms with Gasteiger partial charge < -0.3 is 5.32 Å². The van der Waals surface area contributed by atoms with Crippen LogP contribution in [0.25, 0.3) is 0 Å².